The number of hydrogen-bond donors (Lipinski definition) is 1. The van der Waals surface area contributed by atoms with Crippen LogP contribution in [0, 0.1) is 5.92 Å². The molecule has 1 aliphatic rings. The van der Waals surface area contributed by atoms with Gasteiger partial charge in [0.05, 0.1) is 17.7 Å². The highest BCUT2D eigenvalue weighted by Gasteiger charge is 2.35. The number of nitrogens with one attached hydrogen (secondary N) is 1. The lowest BCUT2D eigenvalue weighted by atomic mass is 9.83. The van der Waals surface area contributed by atoms with Crippen molar-refractivity contribution in [2.24, 2.45) is 5.92 Å². The van der Waals surface area contributed by atoms with E-state index in [-0.39, 0.29) is 23.7 Å². The average Bonchev–Trinajstić information content (AvgIpc) is 3.37. The highest BCUT2D eigenvalue weighted by molar-refractivity contribution is 5.94. The molecule has 3 heterocycles. The van der Waals surface area contributed by atoms with Crippen LogP contribution < -0.4 is 5.32 Å². The second kappa shape index (κ2) is 9.60. The first-order valence-corrected chi connectivity index (χ1v) is 10.7. The van der Waals surface area contributed by atoms with Crippen LogP contribution in [-0.4, -0.2) is 34.8 Å². The number of aromatic nitrogens is 1. The molecule has 6 heteroatoms. The summed E-state index contributed by atoms with van der Waals surface area (Å²) < 4.78 is 5.09. The van der Waals surface area contributed by atoms with Gasteiger partial charge in [0.25, 0.3) is 5.91 Å². The summed E-state index contributed by atoms with van der Waals surface area (Å²) >= 11 is 0. The summed E-state index contributed by atoms with van der Waals surface area (Å²) in [4.78, 5) is 31.9. The molecule has 6 nitrogen and oxygen atoms in total. The Balaban J connectivity index is 1.51. The summed E-state index contributed by atoms with van der Waals surface area (Å²) in [6.45, 7) is 3.53. The Morgan fingerprint density at radius 3 is 2.65 bits per heavy atom. The molecule has 2 atom stereocenters. The fourth-order valence-electron chi connectivity index (χ4n) is 4.13. The van der Waals surface area contributed by atoms with Gasteiger partial charge in [0.1, 0.15) is 6.26 Å². The molecular weight excluding hydrogens is 390 g/mol. The average molecular weight is 418 g/mol. The first-order valence-electron chi connectivity index (χ1n) is 10.7. The number of pyridine rings is 1. The van der Waals surface area contributed by atoms with Crippen molar-refractivity contribution in [3.63, 3.8) is 0 Å². The molecule has 2 amide bonds. The molecule has 0 radical (unpaired) electrons. The molecule has 1 aliphatic heterocycles. The lowest BCUT2D eigenvalue weighted by molar-refractivity contribution is -0.126. The Hall–Kier alpha value is -3.41. The number of amides is 2. The molecule has 1 N–H and O–H groups in total. The van der Waals surface area contributed by atoms with Crippen molar-refractivity contribution in [2.75, 3.05) is 13.1 Å². The predicted octanol–water partition coefficient (Wildman–Crippen LogP) is 3.80. The Bertz CT molecular complexity index is 1000. The Morgan fingerprint density at radius 1 is 1.13 bits per heavy atom. The monoisotopic (exact) mass is 417 g/mol. The standard InChI is InChI=1S/C25H27N3O3/c1-2-18-5-7-20(8-6-18)22-12-23(24(29)27-14-19-4-3-10-26-13-19)16-28(15-22)25(30)21-9-11-31-17-21/h3-11,13,17,22-23H,2,12,14-16H2,1H3,(H,27,29)/t22-,23-/m0/s1. The highest BCUT2D eigenvalue weighted by Crippen LogP contribution is 2.31. The zero-order chi connectivity index (χ0) is 21.6. The quantitative estimate of drug-likeness (QED) is 0.662. The molecule has 31 heavy (non-hydrogen) atoms. The molecule has 0 spiro atoms. The number of furan rings is 1. The first-order chi connectivity index (χ1) is 15.1. The zero-order valence-electron chi connectivity index (χ0n) is 17.7. The van der Waals surface area contributed by atoms with Gasteiger partial charge in [-0.25, -0.2) is 0 Å². The van der Waals surface area contributed by atoms with Crippen molar-refractivity contribution >= 4 is 11.8 Å². The van der Waals surface area contributed by atoms with Crippen LogP contribution in [0.15, 0.2) is 71.8 Å². The molecule has 1 saturated heterocycles. The van der Waals surface area contributed by atoms with Crippen molar-refractivity contribution in [1.82, 2.24) is 15.2 Å². The van der Waals surface area contributed by atoms with Gasteiger partial charge in [0, 0.05) is 37.9 Å². The smallest absolute Gasteiger partial charge is 0.257 e. The van der Waals surface area contributed by atoms with Gasteiger partial charge in [0.15, 0.2) is 0 Å². The number of carbonyl (C=O) groups excluding carboxylic acids is 2. The van der Waals surface area contributed by atoms with E-state index in [1.165, 1.54) is 18.1 Å². The van der Waals surface area contributed by atoms with Crippen molar-refractivity contribution in [3.8, 4) is 0 Å². The molecule has 0 aliphatic carbocycles. The van der Waals surface area contributed by atoms with E-state index in [4.69, 9.17) is 4.42 Å². The largest absolute Gasteiger partial charge is 0.472 e. The fourth-order valence-corrected chi connectivity index (χ4v) is 4.13. The molecule has 1 aromatic carbocycles. The van der Waals surface area contributed by atoms with E-state index in [0.29, 0.717) is 31.6 Å². The number of likely N-dealkylation sites (tertiary alicyclic amines) is 1. The number of aryl methyl sites for hydroxylation is 1. The number of carbonyl (C=O) groups is 2. The minimum Gasteiger partial charge on any atom is -0.472 e. The fraction of sp³-hybridized carbons (Fsp3) is 0.320. The molecule has 160 valence electrons. The first kappa shape index (κ1) is 20.8. The Morgan fingerprint density at radius 2 is 1.97 bits per heavy atom. The van der Waals surface area contributed by atoms with Crippen LogP contribution in [0.2, 0.25) is 0 Å². The third-order valence-electron chi connectivity index (χ3n) is 5.93. The van der Waals surface area contributed by atoms with Crippen molar-refractivity contribution in [1.29, 1.82) is 0 Å². The molecule has 4 rings (SSSR count). The molecule has 0 saturated carbocycles. The number of rotatable bonds is 6. The van der Waals surface area contributed by atoms with Crippen LogP contribution in [0.5, 0.6) is 0 Å². The summed E-state index contributed by atoms with van der Waals surface area (Å²) in [7, 11) is 0. The summed E-state index contributed by atoms with van der Waals surface area (Å²) in [5, 5.41) is 3.02. The van der Waals surface area contributed by atoms with E-state index in [1.54, 1.807) is 23.4 Å². The van der Waals surface area contributed by atoms with Crippen LogP contribution in [0.4, 0.5) is 0 Å². The number of hydrogen-bond acceptors (Lipinski definition) is 4. The highest BCUT2D eigenvalue weighted by atomic mass is 16.3. The summed E-state index contributed by atoms with van der Waals surface area (Å²) in [5.41, 5.74) is 3.89. The van der Waals surface area contributed by atoms with Crippen LogP contribution in [-0.2, 0) is 17.8 Å². The minimum absolute atomic E-state index is 0.0382. The maximum absolute atomic E-state index is 13.0. The van der Waals surface area contributed by atoms with Gasteiger partial charge in [-0.1, -0.05) is 37.3 Å². The van der Waals surface area contributed by atoms with E-state index in [2.05, 4.69) is 41.5 Å². The van der Waals surface area contributed by atoms with Gasteiger partial charge in [-0.05, 0) is 41.7 Å². The van der Waals surface area contributed by atoms with Gasteiger partial charge in [-0.15, -0.1) is 0 Å². The normalized spacial score (nSPS) is 18.5. The predicted molar refractivity (Wildman–Crippen MR) is 117 cm³/mol. The number of benzene rings is 1. The third kappa shape index (κ3) is 5.02. The number of nitrogens with zero attached hydrogens (tertiary/aromatic N) is 2. The van der Waals surface area contributed by atoms with Gasteiger partial charge >= 0.3 is 0 Å². The van der Waals surface area contributed by atoms with E-state index in [9.17, 15) is 9.59 Å². The molecule has 0 bridgehead atoms. The van der Waals surface area contributed by atoms with E-state index >= 15 is 0 Å². The van der Waals surface area contributed by atoms with E-state index in [1.807, 2.05) is 12.1 Å². The van der Waals surface area contributed by atoms with E-state index < -0.39 is 0 Å². The summed E-state index contributed by atoms with van der Waals surface area (Å²) in [6, 6.07) is 14.0. The molecular formula is C25H27N3O3. The minimum atomic E-state index is -0.280. The lowest BCUT2D eigenvalue weighted by Gasteiger charge is -2.37. The molecule has 3 aromatic rings. The maximum Gasteiger partial charge on any atom is 0.257 e. The summed E-state index contributed by atoms with van der Waals surface area (Å²) in [5.74, 6) is -0.320. The van der Waals surface area contributed by atoms with Crippen molar-refractivity contribution < 1.29 is 14.0 Å². The van der Waals surface area contributed by atoms with E-state index in [0.717, 1.165) is 17.5 Å². The Kier molecular flexibility index (Phi) is 6.46. The van der Waals surface area contributed by atoms with Crippen molar-refractivity contribution in [3.05, 3.63) is 89.6 Å². The van der Waals surface area contributed by atoms with Crippen LogP contribution in [0.25, 0.3) is 0 Å². The summed E-state index contributed by atoms with van der Waals surface area (Å²) in [6.07, 6.45) is 8.10. The third-order valence-corrected chi connectivity index (χ3v) is 5.93. The van der Waals surface area contributed by atoms with Crippen LogP contribution in [0.3, 0.4) is 0 Å². The second-order valence-electron chi connectivity index (χ2n) is 8.03. The maximum atomic E-state index is 13.0. The van der Waals surface area contributed by atoms with Crippen molar-refractivity contribution in [2.45, 2.75) is 32.2 Å². The topological polar surface area (TPSA) is 75.4 Å². The van der Waals surface area contributed by atoms with Crippen LogP contribution in [0.1, 0.15) is 46.3 Å². The molecule has 2 aromatic heterocycles. The van der Waals surface area contributed by atoms with Gasteiger partial charge < -0.3 is 14.6 Å². The van der Waals surface area contributed by atoms with Gasteiger partial charge in [0.2, 0.25) is 5.91 Å². The SMILES string of the molecule is CCc1ccc([C@H]2C[C@H](C(=O)NCc3cccnc3)CN(C(=O)c3ccoc3)C2)cc1. The van der Waals surface area contributed by atoms with Gasteiger partial charge in [-0.3, -0.25) is 14.6 Å². The Labute approximate surface area is 182 Å². The zero-order valence-corrected chi connectivity index (χ0v) is 17.7. The second-order valence-corrected chi connectivity index (χ2v) is 8.03. The molecule has 1 fully saturated rings. The van der Waals surface area contributed by atoms with Crippen LogP contribution >= 0.6 is 0 Å². The van der Waals surface area contributed by atoms with Gasteiger partial charge in [-0.2, -0.15) is 0 Å². The lowest BCUT2D eigenvalue weighted by Crippen LogP contribution is -2.47. The molecule has 0 unspecified atom stereocenters. The number of piperidine rings is 1.